The third kappa shape index (κ3) is 3.17. The summed E-state index contributed by atoms with van der Waals surface area (Å²) in [5.74, 6) is 3.37. The van der Waals surface area contributed by atoms with E-state index in [2.05, 4.69) is 21.4 Å². The molecule has 0 aliphatic rings. The molecule has 0 bridgehead atoms. The molecule has 0 fully saturated rings. The lowest BCUT2D eigenvalue weighted by Gasteiger charge is -2.05. The normalized spacial score (nSPS) is 10.0. The monoisotopic (exact) mass is 194 g/mol. The lowest BCUT2D eigenvalue weighted by Crippen LogP contribution is -2.18. The SMILES string of the molecule is C#CCNCc1nncn1CCOC. The predicted molar refractivity (Wildman–Crippen MR) is 52.4 cm³/mol. The maximum absolute atomic E-state index is 5.11. The van der Waals surface area contributed by atoms with Crippen LogP contribution in [0.15, 0.2) is 6.33 Å². The van der Waals surface area contributed by atoms with Crippen LogP contribution in [0.1, 0.15) is 5.82 Å². The molecule has 0 aromatic carbocycles. The Morgan fingerprint density at radius 2 is 2.57 bits per heavy atom. The molecule has 0 aliphatic heterocycles. The van der Waals surface area contributed by atoms with Gasteiger partial charge in [0.1, 0.15) is 12.2 Å². The third-order valence-corrected chi connectivity index (χ3v) is 1.74. The van der Waals surface area contributed by atoms with Crippen LogP contribution < -0.4 is 5.32 Å². The van der Waals surface area contributed by atoms with E-state index in [4.69, 9.17) is 11.2 Å². The number of terminal acetylenes is 1. The van der Waals surface area contributed by atoms with Gasteiger partial charge in [-0.2, -0.15) is 0 Å². The number of ether oxygens (including phenoxy) is 1. The molecule has 5 nitrogen and oxygen atoms in total. The first-order valence-corrected chi connectivity index (χ1v) is 4.38. The fraction of sp³-hybridized carbons (Fsp3) is 0.556. The molecule has 0 unspecified atom stereocenters. The second-order valence-corrected chi connectivity index (χ2v) is 2.74. The van der Waals surface area contributed by atoms with E-state index in [1.165, 1.54) is 0 Å². The first kappa shape index (κ1) is 10.7. The molecule has 1 heterocycles. The van der Waals surface area contributed by atoms with E-state index in [0.29, 0.717) is 19.7 Å². The summed E-state index contributed by atoms with van der Waals surface area (Å²) in [5, 5.41) is 10.8. The Bertz CT molecular complexity index is 302. The van der Waals surface area contributed by atoms with Crippen LogP contribution in [-0.2, 0) is 17.8 Å². The topological polar surface area (TPSA) is 52.0 Å². The molecule has 0 spiro atoms. The van der Waals surface area contributed by atoms with Gasteiger partial charge in [-0.15, -0.1) is 16.6 Å². The summed E-state index contributed by atoms with van der Waals surface area (Å²) >= 11 is 0. The Morgan fingerprint density at radius 3 is 3.29 bits per heavy atom. The number of nitrogens with zero attached hydrogens (tertiary/aromatic N) is 3. The van der Waals surface area contributed by atoms with Crippen LogP contribution in [0.4, 0.5) is 0 Å². The van der Waals surface area contributed by atoms with Crippen molar-refractivity contribution in [3.63, 3.8) is 0 Å². The van der Waals surface area contributed by atoms with E-state index < -0.39 is 0 Å². The van der Waals surface area contributed by atoms with Gasteiger partial charge >= 0.3 is 0 Å². The van der Waals surface area contributed by atoms with Gasteiger partial charge < -0.3 is 9.30 Å². The summed E-state index contributed by atoms with van der Waals surface area (Å²) in [7, 11) is 1.67. The molecule has 0 amide bonds. The maximum atomic E-state index is 5.11. The highest BCUT2D eigenvalue weighted by Crippen LogP contribution is 1.94. The number of methoxy groups -OCH3 is 1. The predicted octanol–water partition coefficient (Wildman–Crippen LogP) is -0.353. The summed E-state index contributed by atoms with van der Waals surface area (Å²) in [6.45, 7) is 2.59. The third-order valence-electron chi connectivity index (χ3n) is 1.74. The fourth-order valence-corrected chi connectivity index (χ4v) is 1.04. The van der Waals surface area contributed by atoms with Crippen LogP contribution in [0, 0.1) is 12.3 Å². The van der Waals surface area contributed by atoms with E-state index in [-0.39, 0.29) is 0 Å². The van der Waals surface area contributed by atoms with Gasteiger partial charge in [0, 0.05) is 13.7 Å². The summed E-state index contributed by atoms with van der Waals surface area (Å²) in [5.41, 5.74) is 0. The molecule has 1 aromatic heterocycles. The Hall–Kier alpha value is -1.38. The molecular weight excluding hydrogens is 180 g/mol. The van der Waals surface area contributed by atoms with Crippen molar-refractivity contribution in [3.8, 4) is 12.3 Å². The van der Waals surface area contributed by atoms with Crippen LogP contribution >= 0.6 is 0 Å². The Labute approximate surface area is 83.5 Å². The number of aromatic nitrogens is 3. The standard InChI is InChI=1S/C9H14N4O/c1-3-4-10-7-9-12-11-8-13(9)5-6-14-2/h1,8,10H,4-7H2,2H3. The molecule has 1 aromatic rings. The highest BCUT2D eigenvalue weighted by molar-refractivity contribution is 4.90. The second kappa shape index (κ2) is 6.13. The van der Waals surface area contributed by atoms with Crippen molar-refractivity contribution >= 4 is 0 Å². The zero-order valence-electron chi connectivity index (χ0n) is 8.23. The largest absolute Gasteiger partial charge is 0.383 e. The number of hydrogen-bond acceptors (Lipinski definition) is 4. The highest BCUT2D eigenvalue weighted by Gasteiger charge is 2.01. The summed E-state index contributed by atoms with van der Waals surface area (Å²) in [4.78, 5) is 0. The van der Waals surface area contributed by atoms with E-state index in [9.17, 15) is 0 Å². The van der Waals surface area contributed by atoms with E-state index in [1.54, 1.807) is 13.4 Å². The average molecular weight is 194 g/mol. The van der Waals surface area contributed by atoms with Crippen LogP contribution in [0.3, 0.4) is 0 Å². The van der Waals surface area contributed by atoms with Crippen LogP contribution in [0.25, 0.3) is 0 Å². The van der Waals surface area contributed by atoms with Crippen LogP contribution in [0.5, 0.6) is 0 Å². The Kier molecular flexibility index (Phi) is 4.69. The Morgan fingerprint density at radius 1 is 1.71 bits per heavy atom. The van der Waals surface area contributed by atoms with E-state index >= 15 is 0 Å². The van der Waals surface area contributed by atoms with Crippen molar-refractivity contribution in [2.75, 3.05) is 20.3 Å². The summed E-state index contributed by atoms with van der Waals surface area (Å²) in [6, 6.07) is 0. The molecule has 0 saturated carbocycles. The molecule has 5 heteroatoms. The molecule has 14 heavy (non-hydrogen) atoms. The van der Waals surface area contributed by atoms with Crippen LogP contribution in [-0.4, -0.2) is 35.0 Å². The van der Waals surface area contributed by atoms with Gasteiger partial charge in [-0.3, -0.25) is 5.32 Å². The number of nitrogens with one attached hydrogen (secondary N) is 1. The van der Waals surface area contributed by atoms with Crippen molar-refractivity contribution in [2.45, 2.75) is 13.1 Å². The minimum Gasteiger partial charge on any atom is -0.383 e. The smallest absolute Gasteiger partial charge is 0.146 e. The van der Waals surface area contributed by atoms with E-state index in [0.717, 1.165) is 12.4 Å². The average Bonchev–Trinajstić information content (AvgIpc) is 2.63. The summed E-state index contributed by atoms with van der Waals surface area (Å²) < 4.78 is 6.90. The molecule has 0 saturated heterocycles. The van der Waals surface area contributed by atoms with Gasteiger partial charge in [0.2, 0.25) is 0 Å². The lowest BCUT2D eigenvalue weighted by atomic mass is 10.5. The van der Waals surface area contributed by atoms with Crippen molar-refractivity contribution in [1.29, 1.82) is 0 Å². The number of rotatable bonds is 6. The fourth-order valence-electron chi connectivity index (χ4n) is 1.04. The molecule has 0 atom stereocenters. The zero-order valence-corrected chi connectivity index (χ0v) is 8.23. The lowest BCUT2D eigenvalue weighted by molar-refractivity contribution is 0.186. The molecule has 1 N–H and O–H groups in total. The van der Waals surface area contributed by atoms with Gasteiger partial charge in [0.25, 0.3) is 0 Å². The zero-order chi connectivity index (χ0) is 10.2. The first-order valence-electron chi connectivity index (χ1n) is 4.38. The summed E-state index contributed by atoms with van der Waals surface area (Å²) in [6.07, 6.45) is 6.80. The number of hydrogen-bond donors (Lipinski definition) is 1. The van der Waals surface area contributed by atoms with Crippen molar-refractivity contribution in [1.82, 2.24) is 20.1 Å². The van der Waals surface area contributed by atoms with Gasteiger partial charge in [-0.1, -0.05) is 5.92 Å². The van der Waals surface area contributed by atoms with Gasteiger partial charge in [0.05, 0.1) is 19.7 Å². The van der Waals surface area contributed by atoms with E-state index in [1.807, 2.05) is 4.57 Å². The van der Waals surface area contributed by atoms with Gasteiger partial charge in [-0.05, 0) is 0 Å². The quantitative estimate of drug-likeness (QED) is 0.496. The second-order valence-electron chi connectivity index (χ2n) is 2.74. The van der Waals surface area contributed by atoms with Crippen molar-refractivity contribution in [2.24, 2.45) is 0 Å². The minimum absolute atomic E-state index is 0.539. The maximum Gasteiger partial charge on any atom is 0.146 e. The van der Waals surface area contributed by atoms with Gasteiger partial charge in [0.15, 0.2) is 0 Å². The minimum atomic E-state index is 0.539. The molecule has 76 valence electrons. The highest BCUT2D eigenvalue weighted by atomic mass is 16.5. The van der Waals surface area contributed by atoms with Crippen molar-refractivity contribution < 1.29 is 4.74 Å². The Balaban J connectivity index is 2.42. The van der Waals surface area contributed by atoms with Crippen LogP contribution in [0.2, 0.25) is 0 Å². The molecule has 0 aliphatic carbocycles. The van der Waals surface area contributed by atoms with Gasteiger partial charge in [-0.25, -0.2) is 0 Å². The molecule has 0 radical (unpaired) electrons. The van der Waals surface area contributed by atoms with Crippen molar-refractivity contribution in [3.05, 3.63) is 12.2 Å². The first-order chi connectivity index (χ1) is 6.88. The molecular formula is C9H14N4O. The molecule has 1 rings (SSSR count).